The van der Waals surface area contributed by atoms with Crippen molar-refractivity contribution in [2.45, 2.75) is 50.0 Å². The van der Waals surface area contributed by atoms with Crippen molar-refractivity contribution in [3.8, 4) is 0 Å². The maximum atomic E-state index is 12.4. The van der Waals surface area contributed by atoms with E-state index in [0.717, 1.165) is 0 Å². The van der Waals surface area contributed by atoms with E-state index in [9.17, 15) is 29.1 Å². The second-order valence-corrected chi connectivity index (χ2v) is 6.46. The van der Waals surface area contributed by atoms with Crippen molar-refractivity contribution >= 4 is 42.3 Å². The molecule has 5 atom stereocenters. The van der Waals surface area contributed by atoms with Gasteiger partial charge in [0.1, 0.15) is 18.1 Å². The third-order valence-corrected chi connectivity index (χ3v) is 4.05. The molecule has 0 radical (unpaired) electrons. The normalized spacial score (nSPS) is 15.9. The van der Waals surface area contributed by atoms with E-state index >= 15 is 0 Å². The molecule has 0 bridgehead atoms. The first-order valence-electron chi connectivity index (χ1n) is 8.45. The zero-order valence-electron chi connectivity index (χ0n) is 15.6. The third-order valence-electron chi connectivity index (χ3n) is 3.68. The molecule has 0 aromatic heterocycles. The number of aliphatic carboxylic acids is 2. The lowest BCUT2D eigenvalue weighted by Gasteiger charge is -2.25. The first-order valence-corrected chi connectivity index (χ1v) is 9.08. The summed E-state index contributed by atoms with van der Waals surface area (Å²) in [6.07, 6.45) is -1.98. The minimum atomic E-state index is -1.60. The molecule has 14 heteroatoms. The fraction of sp³-hybridized carbons (Fsp3) is 0.667. The Morgan fingerprint density at radius 1 is 0.966 bits per heavy atom. The van der Waals surface area contributed by atoms with Crippen LogP contribution in [0.25, 0.3) is 0 Å². The van der Waals surface area contributed by atoms with Gasteiger partial charge in [0.15, 0.2) is 0 Å². The minimum Gasteiger partial charge on any atom is -0.481 e. The Kier molecular flexibility index (Phi) is 11.8. The number of thiol groups is 1. The number of carbonyl (C=O) groups is 5. The first-order chi connectivity index (χ1) is 13.4. The molecule has 0 saturated heterocycles. The number of nitrogens with one attached hydrogen (secondary N) is 3. The number of nitrogens with two attached hydrogens (primary N) is 1. The van der Waals surface area contributed by atoms with Gasteiger partial charge in [-0.25, -0.2) is 4.79 Å². The molecule has 0 saturated carbocycles. The fourth-order valence-corrected chi connectivity index (χ4v) is 2.25. The van der Waals surface area contributed by atoms with Gasteiger partial charge in [-0.15, -0.1) is 0 Å². The smallest absolute Gasteiger partial charge is 0.328 e. The molecule has 0 fully saturated rings. The summed E-state index contributed by atoms with van der Waals surface area (Å²) >= 11 is 3.89. The predicted octanol–water partition coefficient (Wildman–Crippen LogP) is -3.98. The number of rotatable bonds is 13. The lowest BCUT2D eigenvalue weighted by molar-refractivity contribution is -0.143. The van der Waals surface area contributed by atoms with Crippen molar-refractivity contribution in [1.82, 2.24) is 16.0 Å². The monoisotopic (exact) mass is 438 g/mol. The fourth-order valence-electron chi connectivity index (χ4n) is 1.99. The summed E-state index contributed by atoms with van der Waals surface area (Å²) < 4.78 is 0. The van der Waals surface area contributed by atoms with E-state index in [2.05, 4.69) is 23.3 Å². The highest BCUT2D eigenvalue weighted by molar-refractivity contribution is 7.80. The molecule has 0 aliphatic carbocycles. The van der Waals surface area contributed by atoms with Gasteiger partial charge in [-0.05, 0) is 13.3 Å². The molecule has 0 aliphatic rings. The molecule has 9 N–H and O–H groups in total. The Bertz CT molecular complexity index is 617. The Hall–Kier alpha value is -2.42. The summed E-state index contributed by atoms with van der Waals surface area (Å²) in [7, 11) is 0. The molecular formula is C15H26N4O9S. The van der Waals surface area contributed by atoms with Gasteiger partial charge >= 0.3 is 11.9 Å². The van der Waals surface area contributed by atoms with Crippen LogP contribution in [-0.4, -0.2) is 92.7 Å². The lowest BCUT2D eigenvalue weighted by atomic mass is 10.1. The van der Waals surface area contributed by atoms with Crippen LogP contribution >= 0.6 is 12.6 Å². The number of carbonyl (C=O) groups excluding carboxylic acids is 3. The maximum absolute atomic E-state index is 12.4. The highest BCUT2D eigenvalue weighted by atomic mass is 32.1. The molecule has 0 aromatic carbocycles. The van der Waals surface area contributed by atoms with Gasteiger partial charge in [0.05, 0.1) is 18.8 Å². The molecule has 0 rings (SSSR count). The van der Waals surface area contributed by atoms with Gasteiger partial charge in [0.25, 0.3) is 0 Å². The highest BCUT2D eigenvalue weighted by Gasteiger charge is 2.31. The van der Waals surface area contributed by atoms with E-state index in [-0.39, 0.29) is 18.6 Å². The molecule has 3 amide bonds. The van der Waals surface area contributed by atoms with Crippen LogP contribution in [0.3, 0.4) is 0 Å². The largest absolute Gasteiger partial charge is 0.481 e. The van der Waals surface area contributed by atoms with Crippen LogP contribution in [0.1, 0.15) is 19.8 Å². The molecule has 0 spiro atoms. The van der Waals surface area contributed by atoms with Crippen LogP contribution in [0, 0.1) is 0 Å². The number of amides is 3. The minimum absolute atomic E-state index is 0.200. The molecule has 0 aliphatic heterocycles. The van der Waals surface area contributed by atoms with E-state index < -0.39 is 66.5 Å². The average Bonchev–Trinajstić information content (AvgIpc) is 2.64. The van der Waals surface area contributed by atoms with Crippen LogP contribution in [-0.2, 0) is 24.0 Å². The number of aliphatic hydroxyl groups is 2. The van der Waals surface area contributed by atoms with Gasteiger partial charge < -0.3 is 42.1 Å². The highest BCUT2D eigenvalue weighted by Crippen LogP contribution is 2.01. The maximum Gasteiger partial charge on any atom is 0.328 e. The van der Waals surface area contributed by atoms with Crippen molar-refractivity contribution in [1.29, 1.82) is 0 Å². The zero-order valence-corrected chi connectivity index (χ0v) is 16.5. The topological polar surface area (TPSA) is 228 Å². The van der Waals surface area contributed by atoms with E-state index in [4.69, 9.17) is 21.1 Å². The Morgan fingerprint density at radius 2 is 1.52 bits per heavy atom. The Balaban J connectivity index is 5.05. The molecule has 0 aromatic rings. The number of hydrogen-bond donors (Lipinski definition) is 9. The second kappa shape index (κ2) is 12.9. The molecule has 166 valence electrons. The van der Waals surface area contributed by atoms with Crippen molar-refractivity contribution in [2.24, 2.45) is 5.73 Å². The number of aliphatic hydroxyl groups excluding tert-OH is 2. The summed E-state index contributed by atoms with van der Waals surface area (Å²) in [6.45, 7) is 0.310. The van der Waals surface area contributed by atoms with Crippen molar-refractivity contribution < 1.29 is 44.4 Å². The molecule has 29 heavy (non-hydrogen) atoms. The van der Waals surface area contributed by atoms with E-state index in [1.165, 1.54) is 6.92 Å². The van der Waals surface area contributed by atoms with Crippen LogP contribution in [0.2, 0.25) is 0 Å². The van der Waals surface area contributed by atoms with Crippen LogP contribution in [0.5, 0.6) is 0 Å². The summed E-state index contributed by atoms with van der Waals surface area (Å²) in [5.41, 5.74) is 5.54. The van der Waals surface area contributed by atoms with Gasteiger partial charge in [-0.1, -0.05) is 0 Å². The van der Waals surface area contributed by atoms with Gasteiger partial charge in [-0.2, -0.15) is 12.6 Å². The van der Waals surface area contributed by atoms with Gasteiger partial charge in [-0.3, -0.25) is 19.2 Å². The summed E-state index contributed by atoms with van der Waals surface area (Å²) in [5.74, 6) is -5.73. The Morgan fingerprint density at radius 3 is 1.93 bits per heavy atom. The number of carboxylic acids is 2. The molecule has 0 heterocycles. The van der Waals surface area contributed by atoms with Crippen molar-refractivity contribution in [2.75, 3.05) is 12.4 Å². The second-order valence-electron chi connectivity index (χ2n) is 6.09. The van der Waals surface area contributed by atoms with E-state index in [1.54, 1.807) is 0 Å². The zero-order chi connectivity index (χ0) is 22.7. The molecule has 13 nitrogen and oxygen atoms in total. The SMILES string of the molecule is CC(O)C(NC(=O)C(N)CCC(=O)O)C(=O)NC(CS)C(=O)NC(CO)C(=O)O. The van der Waals surface area contributed by atoms with Crippen LogP contribution in [0.15, 0.2) is 0 Å². The van der Waals surface area contributed by atoms with Gasteiger partial charge in [0, 0.05) is 12.2 Å². The van der Waals surface area contributed by atoms with Gasteiger partial charge in [0.2, 0.25) is 17.7 Å². The van der Waals surface area contributed by atoms with Crippen molar-refractivity contribution in [3.63, 3.8) is 0 Å². The standard InChI is InChI=1S/C15H26N4O9S/c1-6(21)11(19-12(24)7(16)2-3-10(22)23)14(26)18-9(5-29)13(25)17-8(4-20)15(27)28/h6-9,11,20-21,29H,2-5,16H2,1H3,(H,17,25)(H,18,26)(H,19,24)(H,22,23)(H,27,28). The molecular weight excluding hydrogens is 412 g/mol. The Labute approximate surface area is 171 Å². The quantitative estimate of drug-likeness (QED) is 0.127. The lowest BCUT2D eigenvalue weighted by Crippen LogP contribution is -2.60. The summed E-state index contributed by atoms with van der Waals surface area (Å²) in [5, 5.41) is 42.5. The average molecular weight is 438 g/mol. The predicted molar refractivity (Wildman–Crippen MR) is 101 cm³/mol. The summed E-state index contributed by atoms with van der Waals surface area (Å²) in [4.78, 5) is 57.9. The first kappa shape index (κ1) is 26.6. The van der Waals surface area contributed by atoms with Crippen LogP contribution < -0.4 is 21.7 Å². The van der Waals surface area contributed by atoms with Crippen LogP contribution in [0.4, 0.5) is 0 Å². The number of carboxylic acid groups (broad SMARTS) is 2. The summed E-state index contributed by atoms with van der Waals surface area (Å²) in [6, 6.07) is -5.70. The third kappa shape index (κ3) is 9.56. The number of hydrogen-bond acceptors (Lipinski definition) is 9. The van der Waals surface area contributed by atoms with Crippen molar-refractivity contribution in [3.05, 3.63) is 0 Å². The van der Waals surface area contributed by atoms with E-state index in [0.29, 0.717) is 0 Å². The van der Waals surface area contributed by atoms with E-state index in [1.807, 2.05) is 5.32 Å². The molecule has 5 unspecified atom stereocenters.